The molecule has 0 bridgehead atoms. The number of ether oxygens (including phenoxy) is 3. The molecule has 3 aromatic rings. The minimum absolute atomic E-state index is 0.556. The summed E-state index contributed by atoms with van der Waals surface area (Å²) in [5.41, 5.74) is 7.26. The Labute approximate surface area is 199 Å². The molecule has 0 atom stereocenters. The fourth-order valence-corrected chi connectivity index (χ4v) is 5.27. The van der Waals surface area contributed by atoms with Gasteiger partial charge < -0.3 is 14.2 Å². The highest BCUT2D eigenvalue weighted by Crippen LogP contribution is 2.44. The quantitative estimate of drug-likeness (QED) is 0.396. The van der Waals surface area contributed by atoms with Gasteiger partial charge in [0.05, 0.1) is 32.6 Å². The van der Waals surface area contributed by atoms with Crippen LogP contribution in [0.2, 0.25) is 0 Å². The third kappa shape index (κ3) is 4.65. The van der Waals surface area contributed by atoms with E-state index in [-0.39, 0.29) is 0 Å². The molecule has 0 aliphatic heterocycles. The van der Waals surface area contributed by atoms with E-state index in [4.69, 9.17) is 19.2 Å². The lowest BCUT2D eigenvalue weighted by atomic mass is 9.86. The number of hydrogen-bond donors (Lipinski definition) is 0. The summed E-state index contributed by atoms with van der Waals surface area (Å²) in [6.45, 7) is 2.08. The predicted octanol–water partition coefficient (Wildman–Crippen LogP) is 6.13. The Hall–Kier alpha value is -3.17. The molecule has 33 heavy (non-hydrogen) atoms. The van der Waals surface area contributed by atoms with E-state index in [0.29, 0.717) is 17.2 Å². The second-order valence-corrected chi connectivity index (χ2v) is 9.07. The summed E-state index contributed by atoms with van der Waals surface area (Å²) >= 11 is 1.62. The van der Waals surface area contributed by atoms with Crippen molar-refractivity contribution in [1.29, 1.82) is 5.26 Å². The number of nitrogens with zero attached hydrogens (tertiary/aromatic N) is 2. The standard InChI is InChI=1S/C27H28N2O3S/c1-17-9-11-18(12-10-17)16-33-27-22(15-28)20-7-5-6-8-21(20)25(29-27)19-13-23(30-2)26(32-4)24(14-19)31-3/h9-14H,5-8,16H2,1-4H3. The molecule has 4 rings (SSSR count). The van der Waals surface area contributed by atoms with E-state index >= 15 is 0 Å². The van der Waals surface area contributed by atoms with Gasteiger partial charge in [-0.05, 0) is 61.4 Å². The lowest BCUT2D eigenvalue weighted by molar-refractivity contribution is 0.324. The smallest absolute Gasteiger partial charge is 0.203 e. The molecule has 0 unspecified atom stereocenters. The molecule has 0 N–H and O–H groups in total. The fourth-order valence-electron chi connectivity index (χ4n) is 4.31. The van der Waals surface area contributed by atoms with Gasteiger partial charge in [0, 0.05) is 11.3 Å². The number of rotatable bonds is 7. The van der Waals surface area contributed by atoms with E-state index in [2.05, 4.69) is 37.3 Å². The number of nitriles is 1. The second kappa shape index (κ2) is 10.2. The zero-order valence-electron chi connectivity index (χ0n) is 19.5. The van der Waals surface area contributed by atoms with E-state index < -0.39 is 0 Å². The summed E-state index contributed by atoms with van der Waals surface area (Å²) in [7, 11) is 4.83. The molecule has 0 amide bonds. The summed E-state index contributed by atoms with van der Waals surface area (Å²) < 4.78 is 16.7. The van der Waals surface area contributed by atoms with Crippen LogP contribution in [0.1, 0.15) is 40.7 Å². The third-order valence-corrected chi connectivity index (χ3v) is 7.08. The number of thioether (sulfide) groups is 1. The van der Waals surface area contributed by atoms with Gasteiger partial charge in [-0.1, -0.05) is 29.8 Å². The highest BCUT2D eigenvalue weighted by Gasteiger charge is 2.25. The first kappa shape index (κ1) is 23.0. The maximum Gasteiger partial charge on any atom is 0.203 e. The van der Waals surface area contributed by atoms with Crippen LogP contribution in [0.5, 0.6) is 17.2 Å². The van der Waals surface area contributed by atoms with Gasteiger partial charge in [-0.15, -0.1) is 11.8 Å². The zero-order chi connectivity index (χ0) is 23.4. The van der Waals surface area contributed by atoms with E-state index in [0.717, 1.165) is 64.4 Å². The number of pyridine rings is 1. The molecule has 170 valence electrons. The average Bonchev–Trinajstić information content (AvgIpc) is 2.86. The summed E-state index contributed by atoms with van der Waals surface area (Å²) in [6, 6.07) is 14.8. The van der Waals surface area contributed by atoms with Crippen LogP contribution < -0.4 is 14.2 Å². The van der Waals surface area contributed by atoms with Crippen LogP contribution in [0.15, 0.2) is 41.4 Å². The Kier molecular flexibility index (Phi) is 7.10. The molecular formula is C27H28N2O3S. The SMILES string of the molecule is COc1cc(-c2nc(SCc3ccc(C)cc3)c(C#N)c3c2CCCC3)cc(OC)c1OC. The van der Waals surface area contributed by atoms with Crippen molar-refractivity contribution in [2.24, 2.45) is 0 Å². The van der Waals surface area contributed by atoms with Crippen molar-refractivity contribution in [3.05, 3.63) is 64.2 Å². The lowest BCUT2D eigenvalue weighted by Gasteiger charge is -2.23. The molecular weight excluding hydrogens is 432 g/mol. The van der Waals surface area contributed by atoms with Crippen LogP contribution in [0.4, 0.5) is 0 Å². The van der Waals surface area contributed by atoms with Crippen molar-refractivity contribution in [3.8, 4) is 34.6 Å². The Morgan fingerprint density at radius 2 is 1.58 bits per heavy atom. The van der Waals surface area contributed by atoms with Gasteiger partial charge >= 0.3 is 0 Å². The normalized spacial score (nSPS) is 12.6. The zero-order valence-corrected chi connectivity index (χ0v) is 20.3. The van der Waals surface area contributed by atoms with E-state index in [9.17, 15) is 5.26 Å². The predicted molar refractivity (Wildman–Crippen MR) is 131 cm³/mol. The summed E-state index contributed by atoms with van der Waals surface area (Å²) in [5, 5.41) is 10.8. The Bertz CT molecular complexity index is 1170. The molecule has 0 saturated heterocycles. The van der Waals surface area contributed by atoms with E-state index in [1.807, 2.05) is 12.1 Å². The van der Waals surface area contributed by atoms with Gasteiger partial charge in [0.15, 0.2) is 11.5 Å². The molecule has 1 aromatic heterocycles. The average molecular weight is 461 g/mol. The maximum atomic E-state index is 10.0. The largest absolute Gasteiger partial charge is 0.493 e. The fraction of sp³-hybridized carbons (Fsp3) is 0.333. The molecule has 1 aliphatic rings. The van der Waals surface area contributed by atoms with Gasteiger partial charge in [0.25, 0.3) is 0 Å². The maximum absolute atomic E-state index is 10.0. The van der Waals surface area contributed by atoms with Crippen LogP contribution >= 0.6 is 11.8 Å². The highest BCUT2D eigenvalue weighted by atomic mass is 32.2. The van der Waals surface area contributed by atoms with Crippen molar-refractivity contribution < 1.29 is 14.2 Å². The van der Waals surface area contributed by atoms with Crippen molar-refractivity contribution in [2.45, 2.75) is 43.4 Å². The van der Waals surface area contributed by atoms with Gasteiger partial charge in [-0.3, -0.25) is 0 Å². The van der Waals surface area contributed by atoms with Crippen LogP contribution in [-0.4, -0.2) is 26.3 Å². The van der Waals surface area contributed by atoms with Crippen LogP contribution in [0.25, 0.3) is 11.3 Å². The molecule has 2 aromatic carbocycles. The molecule has 1 heterocycles. The van der Waals surface area contributed by atoms with Gasteiger partial charge in [-0.2, -0.15) is 5.26 Å². The molecule has 6 heteroatoms. The molecule has 0 fully saturated rings. The van der Waals surface area contributed by atoms with Crippen molar-refractivity contribution in [3.63, 3.8) is 0 Å². The molecule has 0 saturated carbocycles. The number of hydrogen-bond acceptors (Lipinski definition) is 6. The summed E-state index contributed by atoms with van der Waals surface area (Å²) in [6.07, 6.45) is 3.98. The van der Waals surface area contributed by atoms with Gasteiger partial charge in [0.2, 0.25) is 5.75 Å². The lowest BCUT2D eigenvalue weighted by Crippen LogP contribution is -2.11. The topological polar surface area (TPSA) is 64.4 Å². The first-order chi connectivity index (χ1) is 16.1. The number of aromatic nitrogens is 1. The Morgan fingerprint density at radius 3 is 2.15 bits per heavy atom. The molecule has 5 nitrogen and oxygen atoms in total. The number of benzene rings is 2. The minimum Gasteiger partial charge on any atom is -0.493 e. The third-order valence-electron chi connectivity index (χ3n) is 6.03. The van der Waals surface area contributed by atoms with Crippen molar-refractivity contribution in [2.75, 3.05) is 21.3 Å². The van der Waals surface area contributed by atoms with Crippen LogP contribution in [0.3, 0.4) is 0 Å². The Balaban J connectivity index is 1.84. The monoisotopic (exact) mass is 460 g/mol. The molecule has 0 spiro atoms. The summed E-state index contributed by atoms with van der Waals surface area (Å²) in [4.78, 5) is 5.05. The Morgan fingerprint density at radius 1 is 0.939 bits per heavy atom. The van der Waals surface area contributed by atoms with Crippen LogP contribution in [-0.2, 0) is 18.6 Å². The highest BCUT2D eigenvalue weighted by molar-refractivity contribution is 7.98. The van der Waals surface area contributed by atoms with E-state index in [1.54, 1.807) is 33.1 Å². The van der Waals surface area contributed by atoms with Crippen LogP contribution in [0, 0.1) is 18.3 Å². The van der Waals surface area contributed by atoms with Crippen molar-refractivity contribution in [1.82, 2.24) is 4.98 Å². The molecule has 0 radical (unpaired) electrons. The number of aryl methyl sites for hydroxylation is 1. The first-order valence-electron chi connectivity index (χ1n) is 11.0. The minimum atomic E-state index is 0.556. The molecule has 1 aliphatic carbocycles. The number of methoxy groups -OCH3 is 3. The number of fused-ring (bicyclic) bond motifs is 1. The second-order valence-electron chi connectivity index (χ2n) is 8.10. The first-order valence-corrected chi connectivity index (χ1v) is 12.0. The van der Waals surface area contributed by atoms with E-state index in [1.165, 1.54) is 11.1 Å². The van der Waals surface area contributed by atoms with Crippen molar-refractivity contribution >= 4 is 11.8 Å². The van der Waals surface area contributed by atoms with Gasteiger partial charge in [-0.25, -0.2) is 4.98 Å². The van der Waals surface area contributed by atoms with Gasteiger partial charge in [0.1, 0.15) is 11.1 Å². The summed E-state index contributed by atoms with van der Waals surface area (Å²) in [5.74, 6) is 2.50.